The Morgan fingerprint density at radius 2 is 1.45 bits per heavy atom. The van der Waals surface area contributed by atoms with Crippen LogP contribution in [0, 0.1) is 0 Å². The van der Waals surface area contributed by atoms with Crippen molar-refractivity contribution in [1.82, 2.24) is 25.1 Å². The minimum Gasteiger partial charge on any atom is -0.395 e. The number of hydroxylamine groups is 1. The van der Waals surface area contributed by atoms with Crippen LogP contribution in [0.2, 0.25) is 0 Å². The predicted molar refractivity (Wildman–Crippen MR) is 320 cm³/mol. The topological polar surface area (TPSA) is 173 Å². The van der Waals surface area contributed by atoms with E-state index >= 15 is 0 Å². The van der Waals surface area contributed by atoms with E-state index < -0.39 is 0 Å². The first kappa shape index (κ1) is 63.8. The highest BCUT2D eigenvalue weighted by atomic mass is 16.6. The van der Waals surface area contributed by atoms with Crippen molar-refractivity contribution in [3.63, 3.8) is 0 Å². The highest BCUT2D eigenvalue weighted by molar-refractivity contribution is 5.90. The number of hydrogen-bond donors (Lipinski definition) is 3. The number of hydrogen-bond acceptors (Lipinski definition) is 11. The van der Waals surface area contributed by atoms with Gasteiger partial charge < -0.3 is 30.4 Å². The molecule has 3 aromatic rings. The summed E-state index contributed by atoms with van der Waals surface area (Å²) in [4.78, 5) is 72.4. The number of amides is 2. The molecule has 0 spiro atoms. The second kappa shape index (κ2) is 34.9. The van der Waals surface area contributed by atoms with Crippen LogP contribution in [0.15, 0.2) is 143 Å². The molecule has 0 unspecified atom stereocenters. The number of aldehydes is 2. The van der Waals surface area contributed by atoms with Crippen LogP contribution >= 0.6 is 0 Å². The van der Waals surface area contributed by atoms with E-state index in [-0.39, 0.29) is 31.4 Å². The number of likely N-dealkylation sites (N-methyl/N-ethyl adjacent to an activating group) is 2. The summed E-state index contributed by atoms with van der Waals surface area (Å²) in [5.74, 6) is 0.0629. The second-order valence-corrected chi connectivity index (χ2v) is 18.6. The van der Waals surface area contributed by atoms with Crippen molar-refractivity contribution in [1.29, 1.82) is 0 Å². The molecule has 0 atom stereocenters. The highest BCUT2D eigenvalue weighted by Gasteiger charge is 2.16. The number of aliphatic hydroxyl groups is 1. The first-order chi connectivity index (χ1) is 37.1. The number of allylic oxidation sites excluding steroid dienone is 8. The molecule has 14 nitrogen and oxygen atoms in total. The van der Waals surface area contributed by atoms with Gasteiger partial charge in [0.15, 0.2) is 6.29 Å². The molecule has 3 aromatic carbocycles. The van der Waals surface area contributed by atoms with Gasteiger partial charge in [0.1, 0.15) is 18.7 Å². The van der Waals surface area contributed by atoms with Gasteiger partial charge in [-0.1, -0.05) is 102 Å². The van der Waals surface area contributed by atoms with Crippen LogP contribution in [0.3, 0.4) is 0 Å². The van der Waals surface area contributed by atoms with Gasteiger partial charge in [0, 0.05) is 83.7 Å². The number of rotatable bonds is 36. The summed E-state index contributed by atoms with van der Waals surface area (Å²) in [6.45, 7) is 30.3. The van der Waals surface area contributed by atoms with Crippen LogP contribution in [-0.4, -0.2) is 128 Å². The Bertz CT molecular complexity index is 2680. The van der Waals surface area contributed by atoms with E-state index in [0.29, 0.717) is 79.2 Å². The second-order valence-electron chi connectivity index (χ2n) is 18.6. The Labute approximate surface area is 459 Å². The smallest absolute Gasteiger partial charge is 0.254 e. The maximum absolute atomic E-state index is 13.3. The average molecular weight is 1050 g/mol. The Morgan fingerprint density at radius 3 is 2.08 bits per heavy atom. The maximum atomic E-state index is 13.3. The number of carbonyl (C=O) groups is 4. The fourth-order valence-electron chi connectivity index (χ4n) is 8.27. The molecule has 0 aliphatic heterocycles. The minimum atomic E-state index is -0.321. The molecule has 412 valence electrons. The van der Waals surface area contributed by atoms with Gasteiger partial charge in [0.25, 0.3) is 5.91 Å². The summed E-state index contributed by atoms with van der Waals surface area (Å²) in [7, 11) is 3.48. The summed E-state index contributed by atoms with van der Waals surface area (Å²) in [5.41, 5.74) is 20.0. The van der Waals surface area contributed by atoms with Gasteiger partial charge >= 0.3 is 0 Å². The number of amidine groups is 1. The van der Waals surface area contributed by atoms with Crippen LogP contribution in [-0.2, 0) is 25.6 Å². The lowest BCUT2D eigenvalue weighted by Gasteiger charge is -2.28. The molecule has 3 rings (SSSR count). The quantitative estimate of drug-likeness (QED) is 0.00967. The maximum Gasteiger partial charge on any atom is 0.254 e. The molecule has 0 aromatic heterocycles. The molecule has 0 saturated carbocycles. The lowest BCUT2D eigenvalue weighted by Crippen LogP contribution is -2.33. The first-order valence-electron chi connectivity index (χ1n) is 26.6. The van der Waals surface area contributed by atoms with Crippen LogP contribution in [0.4, 0.5) is 11.4 Å². The Hall–Kier alpha value is -7.52. The van der Waals surface area contributed by atoms with Gasteiger partial charge in [-0.05, 0) is 150 Å². The van der Waals surface area contributed by atoms with Crippen molar-refractivity contribution >= 4 is 66.0 Å². The van der Waals surface area contributed by atoms with Crippen LogP contribution in [0.5, 0.6) is 0 Å². The minimum absolute atomic E-state index is 0.0250. The van der Waals surface area contributed by atoms with Crippen LogP contribution in [0.25, 0.3) is 28.9 Å². The van der Waals surface area contributed by atoms with Crippen molar-refractivity contribution in [3.05, 3.63) is 161 Å². The third-order valence-electron chi connectivity index (χ3n) is 12.7. The molecular formula is C63H84N8O6. The van der Waals surface area contributed by atoms with Gasteiger partial charge in [0.05, 0.1) is 18.0 Å². The number of benzene rings is 3. The van der Waals surface area contributed by atoms with Gasteiger partial charge in [0.2, 0.25) is 5.91 Å². The molecule has 0 saturated heterocycles. The summed E-state index contributed by atoms with van der Waals surface area (Å²) in [6, 6.07) is 17.4. The van der Waals surface area contributed by atoms with E-state index in [1.807, 2.05) is 83.7 Å². The molecule has 0 radical (unpaired) electrons. The van der Waals surface area contributed by atoms with Gasteiger partial charge in [-0.15, -0.1) is 0 Å². The Morgan fingerprint density at radius 1 is 0.792 bits per heavy atom. The molecule has 4 N–H and O–H groups in total. The standard InChI is InChI=1S/C63H84N8O6/c1-12-32-70(33-13-2)48(8)51(19-20-52-21-23-56(42-59(52)65-9)54-24-25-58(45-74)57(41-54)29-36-68(10)38-39-72)28-31-66-77-46-63(76)69(11)37-30-53(47(7)44-73)40-50(17-6)55-22-18-49(16-5)60(43-55)67-61(64)26-27-62(75)71(34-14-3)35-15-4/h16-19,21-25,29-30,36-37,40-45,66,72H,5-6,8-9,12-15,20,26-28,31-35,38-39,46H2,1-4,7,10-11H3,(H2,64,67)/b36-29-,37-30-,50-40+,51-19+,53-47+. The largest absolute Gasteiger partial charge is 0.395 e. The highest BCUT2D eigenvalue weighted by Crippen LogP contribution is 2.32. The Kier molecular flexibility index (Phi) is 28.9. The number of nitrogens with one attached hydrogen (secondary N) is 1. The molecule has 0 aliphatic carbocycles. The summed E-state index contributed by atoms with van der Waals surface area (Å²) in [6.07, 6.45) is 21.3. The molecule has 14 heteroatoms. The zero-order valence-corrected chi connectivity index (χ0v) is 46.9. The SMILES string of the molecule is C=C\C(=C/C(/C=C\N(C)C(=O)CONCC/C(=C\Cc1ccc(-c2ccc(C=O)c(/C=C\N(C)CCO)c2)cc1N=C)C(=C)N(CCC)CCC)=C(\C)C=O)c1ccc(C=C)c(/N=C(/N)CCC(=O)N(CCC)CCC)c1. The third-order valence-corrected chi connectivity index (χ3v) is 12.7. The predicted octanol–water partition coefficient (Wildman–Crippen LogP) is 11.2. The molecule has 2 amide bonds. The van der Waals surface area contributed by atoms with Crippen molar-refractivity contribution in [3.8, 4) is 11.1 Å². The number of nitrogens with zero attached hydrogens (tertiary/aromatic N) is 6. The van der Waals surface area contributed by atoms with Crippen molar-refractivity contribution < 1.29 is 29.1 Å². The number of aliphatic imine (C=N–C) groups is 2. The fraction of sp³-hybridized carbons (Fsp3) is 0.365. The molecular weight excluding hydrogens is 965 g/mol. The van der Waals surface area contributed by atoms with Crippen LogP contribution < -0.4 is 11.2 Å². The number of nitrogens with two attached hydrogens (primary N) is 1. The van der Waals surface area contributed by atoms with E-state index in [4.69, 9.17) is 10.6 Å². The van der Waals surface area contributed by atoms with E-state index in [0.717, 1.165) is 102 Å². The summed E-state index contributed by atoms with van der Waals surface area (Å²) < 4.78 is 0. The van der Waals surface area contributed by atoms with Gasteiger partial charge in [-0.2, -0.15) is 0 Å². The third kappa shape index (κ3) is 20.9. The molecule has 77 heavy (non-hydrogen) atoms. The zero-order chi connectivity index (χ0) is 56.7. The monoisotopic (exact) mass is 1050 g/mol. The average Bonchev–Trinajstić information content (AvgIpc) is 3.44. The van der Waals surface area contributed by atoms with Crippen LogP contribution in [0.1, 0.15) is 112 Å². The van der Waals surface area contributed by atoms with Gasteiger partial charge in [-0.3, -0.25) is 29.0 Å². The van der Waals surface area contributed by atoms with E-state index in [1.165, 1.54) is 4.90 Å². The normalized spacial score (nSPS) is 12.3. The van der Waals surface area contributed by atoms with Crippen molar-refractivity contribution in [2.45, 2.75) is 86.0 Å². The van der Waals surface area contributed by atoms with Crippen molar-refractivity contribution in [2.75, 3.05) is 66.6 Å². The van der Waals surface area contributed by atoms with E-state index in [1.54, 1.807) is 44.5 Å². The van der Waals surface area contributed by atoms with E-state index in [2.05, 4.69) is 80.6 Å². The fourth-order valence-corrected chi connectivity index (χ4v) is 8.27. The molecule has 0 bridgehead atoms. The Balaban J connectivity index is 1.76. The molecule has 0 fully saturated rings. The van der Waals surface area contributed by atoms with Gasteiger partial charge in [-0.25, -0.2) is 10.5 Å². The number of carbonyl (C=O) groups excluding carboxylic acids is 4. The lowest BCUT2D eigenvalue weighted by atomic mass is 9.96. The lowest BCUT2D eigenvalue weighted by molar-refractivity contribution is -0.135. The van der Waals surface area contributed by atoms with Crippen molar-refractivity contribution in [2.24, 2.45) is 15.7 Å². The zero-order valence-electron chi connectivity index (χ0n) is 46.9. The molecule has 0 aliphatic rings. The first-order valence-corrected chi connectivity index (χ1v) is 26.6. The summed E-state index contributed by atoms with van der Waals surface area (Å²) in [5, 5.41) is 9.30. The summed E-state index contributed by atoms with van der Waals surface area (Å²) >= 11 is 0. The number of aliphatic hydroxyl groups excluding tert-OH is 1. The van der Waals surface area contributed by atoms with E-state index in [9.17, 15) is 24.3 Å². The molecule has 0 heterocycles.